The normalized spacial score (nSPS) is 14.6. The molecule has 0 saturated carbocycles. The number of unbranched alkanes of at least 4 members (excludes halogenated alkanes) is 5. The number of carbonyl (C=O) groups is 1. The van der Waals surface area contributed by atoms with E-state index >= 15 is 0 Å². The Morgan fingerprint density at radius 3 is 2.12 bits per heavy atom. The van der Waals surface area contributed by atoms with Crippen molar-refractivity contribution in [3.05, 3.63) is 0 Å². The zero-order chi connectivity index (χ0) is 13.1. The molecule has 17 heavy (non-hydrogen) atoms. The fourth-order valence-electron chi connectivity index (χ4n) is 2.65. The van der Waals surface area contributed by atoms with Crippen LogP contribution in [0.15, 0.2) is 0 Å². The molecule has 2 atom stereocenters. The first-order valence-corrected chi connectivity index (χ1v) is 7.55. The SMILES string of the molecule is CCCCCCCCC(C)CC(C)CC(C)=O. The second-order valence-corrected chi connectivity index (χ2v) is 5.91. The number of hydrogen-bond acceptors (Lipinski definition) is 1. The summed E-state index contributed by atoms with van der Waals surface area (Å²) in [6, 6.07) is 0. The standard InChI is InChI=1S/C16H32O/c1-5-6-7-8-9-10-11-14(2)12-15(3)13-16(4)17/h14-15H,5-13H2,1-4H3. The topological polar surface area (TPSA) is 17.1 Å². The van der Waals surface area contributed by atoms with E-state index in [2.05, 4.69) is 20.8 Å². The molecule has 0 spiro atoms. The van der Waals surface area contributed by atoms with Gasteiger partial charge < -0.3 is 4.79 Å². The van der Waals surface area contributed by atoms with E-state index in [-0.39, 0.29) is 0 Å². The highest BCUT2D eigenvalue weighted by Crippen LogP contribution is 2.21. The van der Waals surface area contributed by atoms with Crippen LogP contribution in [0.5, 0.6) is 0 Å². The number of Topliss-reactive ketones (excluding diaryl/α,β-unsaturated/α-hetero) is 1. The maximum absolute atomic E-state index is 11.0. The van der Waals surface area contributed by atoms with Crippen LogP contribution < -0.4 is 0 Å². The van der Waals surface area contributed by atoms with E-state index in [1.165, 1.54) is 51.4 Å². The molecule has 0 aromatic heterocycles. The number of rotatable bonds is 11. The maximum Gasteiger partial charge on any atom is 0.130 e. The molecule has 1 heteroatoms. The molecule has 0 aliphatic rings. The molecular weight excluding hydrogens is 208 g/mol. The molecule has 0 amide bonds. The lowest BCUT2D eigenvalue weighted by Crippen LogP contribution is -2.07. The van der Waals surface area contributed by atoms with E-state index < -0.39 is 0 Å². The van der Waals surface area contributed by atoms with Gasteiger partial charge in [-0.2, -0.15) is 0 Å². The third-order valence-electron chi connectivity index (χ3n) is 3.49. The lowest BCUT2D eigenvalue weighted by Gasteiger charge is -2.16. The van der Waals surface area contributed by atoms with Crippen LogP contribution in [0.2, 0.25) is 0 Å². The van der Waals surface area contributed by atoms with Crippen LogP contribution in [0.1, 0.15) is 85.5 Å². The van der Waals surface area contributed by atoms with Gasteiger partial charge in [0, 0.05) is 6.42 Å². The summed E-state index contributed by atoms with van der Waals surface area (Å²) in [5.74, 6) is 1.70. The van der Waals surface area contributed by atoms with Gasteiger partial charge >= 0.3 is 0 Å². The molecule has 0 heterocycles. The molecule has 1 nitrogen and oxygen atoms in total. The minimum absolute atomic E-state index is 0.337. The molecule has 2 unspecified atom stereocenters. The number of carbonyl (C=O) groups excluding carboxylic acids is 1. The Morgan fingerprint density at radius 2 is 1.53 bits per heavy atom. The van der Waals surface area contributed by atoms with E-state index in [9.17, 15) is 4.79 Å². The molecule has 0 saturated heterocycles. The average molecular weight is 240 g/mol. The fraction of sp³-hybridized carbons (Fsp3) is 0.938. The zero-order valence-corrected chi connectivity index (χ0v) is 12.4. The quantitative estimate of drug-likeness (QED) is 0.443. The van der Waals surface area contributed by atoms with E-state index in [0.29, 0.717) is 11.7 Å². The summed E-state index contributed by atoms with van der Waals surface area (Å²) in [5.41, 5.74) is 0. The molecule has 0 radical (unpaired) electrons. The van der Waals surface area contributed by atoms with E-state index in [0.717, 1.165) is 12.3 Å². The van der Waals surface area contributed by atoms with Crippen molar-refractivity contribution in [2.45, 2.75) is 85.5 Å². The van der Waals surface area contributed by atoms with Gasteiger partial charge in [-0.25, -0.2) is 0 Å². The molecule has 0 fully saturated rings. The minimum Gasteiger partial charge on any atom is -0.300 e. The van der Waals surface area contributed by atoms with Crippen molar-refractivity contribution in [1.29, 1.82) is 0 Å². The Hall–Kier alpha value is -0.330. The average Bonchev–Trinajstić information content (AvgIpc) is 2.21. The van der Waals surface area contributed by atoms with Crippen molar-refractivity contribution in [2.75, 3.05) is 0 Å². The molecular formula is C16H32O. The zero-order valence-electron chi connectivity index (χ0n) is 12.4. The highest BCUT2D eigenvalue weighted by atomic mass is 16.1. The summed E-state index contributed by atoms with van der Waals surface area (Å²) in [7, 11) is 0. The summed E-state index contributed by atoms with van der Waals surface area (Å²) in [5, 5.41) is 0. The van der Waals surface area contributed by atoms with Crippen molar-refractivity contribution >= 4 is 5.78 Å². The summed E-state index contributed by atoms with van der Waals surface area (Å²) >= 11 is 0. The fourth-order valence-corrected chi connectivity index (χ4v) is 2.65. The third-order valence-corrected chi connectivity index (χ3v) is 3.49. The van der Waals surface area contributed by atoms with Crippen LogP contribution in [-0.2, 0) is 4.79 Å². The maximum atomic E-state index is 11.0. The summed E-state index contributed by atoms with van der Waals surface area (Å²) < 4.78 is 0. The summed E-state index contributed by atoms with van der Waals surface area (Å²) in [4.78, 5) is 11.0. The first-order valence-electron chi connectivity index (χ1n) is 7.55. The van der Waals surface area contributed by atoms with Gasteiger partial charge in [0.15, 0.2) is 0 Å². The Kier molecular flexibility index (Phi) is 10.6. The van der Waals surface area contributed by atoms with Crippen LogP contribution in [0.3, 0.4) is 0 Å². The van der Waals surface area contributed by atoms with E-state index in [1.54, 1.807) is 6.92 Å². The second-order valence-electron chi connectivity index (χ2n) is 5.91. The van der Waals surface area contributed by atoms with Gasteiger partial charge in [0.25, 0.3) is 0 Å². The largest absolute Gasteiger partial charge is 0.300 e. The predicted octanol–water partition coefficient (Wildman–Crippen LogP) is 5.38. The monoisotopic (exact) mass is 240 g/mol. The highest BCUT2D eigenvalue weighted by molar-refractivity contribution is 5.75. The Balaban J connectivity index is 3.39. The second kappa shape index (κ2) is 10.8. The Bertz CT molecular complexity index is 186. The van der Waals surface area contributed by atoms with E-state index in [4.69, 9.17) is 0 Å². The summed E-state index contributed by atoms with van der Waals surface area (Å²) in [6.45, 7) is 8.51. The molecule has 0 aliphatic carbocycles. The van der Waals surface area contributed by atoms with Crippen molar-refractivity contribution in [3.63, 3.8) is 0 Å². The highest BCUT2D eigenvalue weighted by Gasteiger charge is 2.10. The predicted molar refractivity (Wildman–Crippen MR) is 76.2 cm³/mol. The number of ketones is 1. The molecule has 0 aromatic carbocycles. The van der Waals surface area contributed by atoms with Crippen molar-refractivity contribution in [2.24, 2.45) is 11.8 Å². The van der Waals surface area contributed by atoms with Gasteiger partial charge in [-0.15, -0.1) is 0 Å². The Labute approximate surface area is 108 Å². The molecule has 0 bridgehead atoms. The number of hydrogen-bond donors (Lipinski definition) is 0. The first kappa shape index (κ1) is 16.7. The molecule has 0 aliphatic heterocycles. The Morgan fingerprint density at radius 1 is 0.941 bits per heavy atom. The van der Waals surface area contributed by atoms with E-state index in [1.807, 2.05) is 0 Å². The first-order chi connectivity index (χ1) is 8.06. The molecule has 0 N–H and O–H groups in total. The van der Waals surface area contributed by atoms with Crippen molar-refractivity contribution < 1.29 is 4.79 Å². The van der Waals surface area contributed by atoms with Crippen LogP contribution in [0.25, 0.3) is 0 Å². The van der Waals surface area contributed by atoms with Gasteiger partial charge in [-0.05, 0) is 25.2 Å². The smallest absolute Gasteiger partial charge is 0.130 e. The lowest BCUT2D eigenvalue weighted by atomic mass is 9.90. The van der Waals surface area contributed by atoms with Crippen molar-refractivity contribution in [1.82, 2.24) is 0 Å². The molecule has 0 aromatic rings. The van der Waals surface area contributed by atoms with Crippen LogP contribution >= 0.6 is 0 Å². The summed E-state index contributed by atoms with van der Waals surface area (Å²) in [6.07, 6.45) is 11.6. The van der Waals surface area contributed by atoms with Crippen LogP contribution in [0, 0.1) is 11.8 Å². The van der Waals surface area contributed by atoms with Gasteiger partial charge in [-0.1, -0.05) is 65.7 Å². The lowest BCUT2D eigenvalue weighted by molar-refractivity contribution is -0.117. The van der Waals surface area contributed by atoms with Gasteiger partial charge in [0.2, 0.25) is 0 Å². The van der Waals surface area contributed by atoms with Crippen molar-refractivity contribution in [3.8, 4) is 0 Å². The van der Waals surface area contributed by atoms with Crippen LogP contribution in [0.4, 0.5) is 0 Å². The molecule has 0 rings (SSSR count). The van der Waals surface area contributed by atoms with Gasteiger partial charge in [0.05, 0.1) is 0 Å². The van der Waals surface area contributed by atoms with Gasteiger partial charge in [0.1, 0.15) is 5.78 Å². The third kappa shape index (κ3) is 11.9. The van der Waals surface area contributed by atoms with Crippen LogP contribution in [-0.4, -0.2) is 5.78 Å². The van der Waals surface area contributed by atoms with Gasteiger partial charge in [-0.3, -0.25) is 0 Å². The minimum atomic E-state index is 0.337. The molecule has 102 valence electrons.